The van der Waals surface area contributed by atoms with Gasteiger partial charge in [0, 0.05) is 19.5 Å². The quantitative estimate of drug-likeness (QED) is 0.339. The van der Waals surface area contributed by atoms with Crippen molar-refractivity contribution < 1.29 is 30.4 Å². The molecular weight excluding hydrogens is 162 g/mol. The van der Waals surface area contributed by atoms with Gasteiger partial charge in [-0.2, -0.15) is 0 Å². The summed E-state index contributed by atoms with van der Waals surface area (Å²) in [6.07, 6.45) is 0. The van der Waals surface area contributed by atoms with Crippen molar-refractivity contribution >= 4 is 60.8 Å². The molecule has 0 bridgehead atoms. The Labute approximate surface area is 89.6 Å². The Morgan fingerprint density at radius 1 is 0.800 bits per heavy atom. The maximum Gasteiger partial charge on any atom is 0.316 e. The predicted octanol–water partition coefficient (Wildman–Crippen LogP) is -3.48. The maximum atomic E-state index is 0. The second kappa shape index (κ2) is 30.9. The van der Waals surface area contributed by atoms with E-state index in [9.17, 15) is 0 Å². The van der Waals surface area contributed by atoms with Crippen molar-refractivity contribution in [1.29, 1.82) is 0 Å². The molecule has 0 rings (SSSR count). The van der Waals surface area contributed by atoms with Crippen molar-refractivity contribution in [2.24, 2.45) is 0 Å². The molecule has 0 spiro atoms. The van der Waals surface area contributed by atoms with Gasteiger partial charge in [0.15, 0.2) is 0 Å². The molecule has 5 heavy (non-hydrogen) atoms. The predicted molar refractivity (Wildman–Crippen MR) is 24.3 cm³/mol. The van der Waals surface area contributed by atoms with E-state index in [2.05, 4.69) is 0 Å². The molecule has 0 fully saturated rings. The first-order chi connectivity index (χ1) is 0. The van der Waals surface area contributed by atoms with Crippen LogP contribution in [0.3, 0.4) is 0 Å². The van der Waals surface area contributed by atoms with Crippen LogP contribution in [0.15, 0.2) is 0 Å². The first-order valence-electron chi connectivity index (χ1n) is 0. The number of hydrogen-bond donors (Lipinski definition) is 0. The third-order valence-electron chi connectivity index (χ3n) is 0. The summed E-state index contributed by atoms with van der Waals surface area (Å²) in [5.74, 6) is 0. The van der Waals surface area contributed by atoms with Gasteiger partial charge < -0.3 is 11.0 Å². The zero-order valence-electron chi connectivity index (χ0n) is 1.71. The van der Waals surface area contributed by atoms with Gasteiger partial charge in [-0.1, -0.05) is 0 Å². The Bertz CT molecular complexity index is 9.61. The van der Waals surface area contributed by atoms with E-state index in [-0.39, 0.29) is 91.2 Å². The van der Waals surface area contributed by atoms with Gasteiger partial charge in [-0.05, 0) is 0 Å². The van der Waals surface area contributed by atoms with Gasteiger partial charge in [0.1, 0.15) is 0 Å². The smallest absolute Gasteiger partial charge is 0 e. The Balaban J connectivity index is 0. The van der Waals surface area contributed by atoms with Crippen LogP contribution in [0.25, 0.3) is 0 Å². The molecule has 4 N–H and O–H groups in total. The van der Waals surface area contributed by atoms with Crippen LogP contribution in [0.1, 0.15) is 0 Å². The van der Waals surface area contributed by atoms with E-state index in [1.54, 1.807) is 0 Å². The summed E-state index contributed by atoms with van der Waals surface area (Å²) in [6, 6.07) is 0. The molecule has 0 atom stereocenters. The second-order valence-electron chi connectivity index (χ2n) is 0. The minimum atomic E-state index is 0. The van der Waals surface area contributed by atoms with Crippen molar-refractivity contribution in [3.8, 4) is 0 Å². The maximum absolute atomic E-state index is 0. The molecule has 0 amide bonds. The average Bonchev–Trinajstić information content (AvgIpc) is 0. The molecule has 0 saturated heterocycles. The molecule has 0 unspecified atom stereocenters. The van der Waals surface area contributed by atoms with Gasteiger partial charge in [0.05, 0.1) is 0 Å². The summed E-state index contributed by atoms with van der Waals surface area (Å²) in [5.41, 5.74) is 0. The van der Waals surface area contributed by atoms with E-state index in [4.69, 9.17) is 0 Å². The molecule has 0 saturated carbocycles. The zero-order valence-corrected chi connectivity index (χ0v) is 4.67. The Morgan fingerprint density at radius 3 is 0.800 bits per heavy atom. The molecule has 0 aromatic heterocycles. The largest absolute Gasteiger partial charge is 0.316 e. The number of rotatable bonds is 0. The minimum absolute atomic E-state index is 0. The van der Waals surface area contributed by atoms with Gasteiger partial charge in [-0.3, -0.25) is 0 Å². The first-order valence-corrected chi connectivity index (χ1v) is 0. The molecule has 0 radical (unpaired) electrons. The SMILES string of the molecule is O.O.[CaH2].[MgH2].[Zn]. The number of hydrogen-bond acceptors (Lipinski definition) is 0. The van der Waals surface area contributed by atoms with E-state index >= 15 is 0 Å². The van der Waals surface area contributed by atoms with Gasteiger partial charge in [0.2, 0.25) is 0 Å². The Hall–Kier alpha value is 2.57. The van der Waals surface area contributed by atoms with E-state index in [0.29, 0.717) is 0 Å². The summed E-state index contributed by atoms with van der Waals surface area (Å²) < 4.78 is 0. The van der Waals surface area contributed by atoms with Crippen LogP contribution in [-0.4, -0.2) is 71.7 Å². The van der Waals surface area contributed by atoms with Crippen LogP contribution in [0.2, 0.25) is 0 Å². The van der Waals surface area contributed by atoms with E-state index in [0.717, 1.165) is 0 Å². The molecule has 0 aliphatic rings. The zero-order chi connectivity index (χ0) is 0. The van der Waals surface area contributed by atoms with Crippen molar-refractivity contribution in [3.63, 3.8) is 0 Å². The molecule has 0 aromatic rings. The van der Waals surface area contributed by atoms with Crippen molar-refractivity contribution in [1.82, 2.24) is 0 Å². The fourth-order valence-corrected chi connectivity index (χ4v) is 0. The van der Waals surface area contributed by atoms with Crippen LogP contribution in [-0.2, 0) is 19.5 Å². The molecule has 0 heterocycles. The molecule has 26 valence electrons. The van der Waals surface area contributed by atoms with Gasteiger partial charge in [-0.25, -0.2) is 0 Å². The van der Waals surface area contributed by atoms with Crippen LogP contribution >= 0.6 is 0 Å². The molecule has 0 aromatic carbocycles. The summed E-state index contributed by atoms with van der Waals surface area (Å²) in [5, 5.41) is 0. The molecule has 5 heteroatoms. The standard InChI is InChI=1S/Ca.Mg.2H2O.Zn.4H/h;;2*1H2;;;;;. The van der Waals surface area contributed by atoms with Crippen molar-refractivity contribution in [2.45, 2.75) is 0 Å². The fraction of sp³-hybridized carbons (Fsp3) is 0. The average molecular weight is 170 g/mol. The van der Waals surface area contributed by atoms with Crippen LogP contribution < -0.4 is 0 Å². The summed E-state index contributed by atoms with van der Waals surface area (Å²) >= 11 is 0. The molecule has 2 nitrogen and oxygen atoms in total. The van der Waals surface area contributed by atoms with Crippen LogP contribution in [0.5, 0.6) is 0 Å². The fourth-order valence-electron chi connectivity index (χ4n) is 0. The van der Waals surface area contributed by atoms with Crippen LogP contribution in [0, 0.1) is 0 Å². The van der Waals surface area contributed by atoms with E-state index < -0.39 is 0 Å². The van der Waals surface area contributed by atoms with Crippen molar-refractivity contribution in [2.75, 3.05) is 0 Å². The second-order valence-corrected chi connectivity index (χ2v) is 0. The molecular formula is H8CaMgO2Zn. The minimum Gasteiger partial charge on any atom is 0 e. The van der Waals surface area contributed by atoms with E-state index in [1.807, 2.05) is 0 Å². The summed E-state index contributed by atoms with van der Waals surface area (Å²) in [7, 11) is 0. The first kappa shape index (κ1) is 49.5. The van der Waals surface area contributed by atoms with Gasteiger partial charge >= 0.3 is 60.8 Å². The third kappa shape index (κ3) is 20.8. The normalized spacial score (nSPS) is 0. The third-order valence-corrected chi connectivity index (χ3v) is 0. The summed E-state index contributed by atoms with van der Waals surface area (Å²) in [6.45, 7) is 0. The molecule has 0 aliphatic carbocycles. The van der Waals surface area contributed by atoms with E-state index in [1.165, 1.54) is 0 Å². The van der Waals surface area contributed by atoms with Gasteiger partial charge in [-0.15, -0.1) is 0 Å². The monoisotopic (exact) mass is 168 g/mol. The Kier molecular flexibility index (Phi) is 305. The Morgan fingerprint density at radius 2 is 0.800 bits per heavy atom. The summed E-state index contributed by atoms with van der Waals surface area (Å²) in [4.78, 5) is 0. The van der Waals surface area contributed by atoms with Crippen molar-refractivity contribution in [3.05, 3.63) is 0 Å². The van der Waals surface area contributed by atoms with Crippen LogP contribution in [0.4, 0.5) is 0 Å². The van der Waals surface area contributed by atoms with Gasteiger partial charge in [0.25, 0.3) is 0 Å². The topological polar surface area (TPSA) is 63.0 Å². The molecule has 0 aliphatic heterocycles.